The molecule has 3 aromatic rings. The Bertz CT molecular complexity index is 1080. The summed E-state index contributed by atoms with van der Waals surface area (Å²) in [6, 6.07) is 11.9. The Hall–Kier alpha value is -2.41. The van der Waals surface area contributed by atoms with Crippen LogP contribution < -0.4 is 0 Å². The van der Waals surface area contributed by atoms with E-state index >= 15 is 0 Å². The molecular weight excluding hydrogens is 426 g/mol. The summed E-state index contributed by atoms with van der Waals surface area (Å²) in [4.78, 5) is 20.7. The molecule has 2 aliphatic heterocycles. The summed E-state index contributed by atoms with van der Waals surface area (Å²) in [5.74, 6) is 0.365. The van der Waals surface area contributed by atoms with Gasteiger partial charge < -0.3 is 18.8 Å². The first-order valence-corrected chi connectivity index (χ1v) is 11.6. The number of amides is 1. The first-order valence-electron chi connectivity index (χ1n) is 11.3. The second-order valence-electron chi connectivity index (χ2n) is 8.77. The number of rotatable bonds is 4. The van der Waals surface area contributed by atoms with Crippen LogP contribution in [0.3, 0.4) is 0 Å². The van der Waals surface area contributed by atoms with Gasteiger partial charge in [-0.1, -0.05) is 23.7 Å². The highest BCUT2D eigenvalue weighted by molar-refractivity contribution is 6.30. The Labute approximate surface area is 193 Å². The van der Waals surface area contributed by atoms with Gasteiger partial charge in [-0.2, -0.15) is 0 Å². The van der Waals surface area contributed by atoms with Crippen molar-refractivity contribution < 1.29 is 14.3 Å². The monoisotopic (exact) mass is 453 g/mol. The fourth-order valence-electron chi connectivity index (χ4n) is 5.07. The molecule has 1 aromatic carbocycles. The van der Waals surface area contributed by atoms with Gasteiger partial charge in [0.1, 0.15) is 0 Å². The van der Waals surface area contributed by atoms with Crippen LogP contribution >= 0.6 is 11.6 Å². The highest BCUT2D eigenvalue weighted by Gasteiger charge is 2.44. The van der Waals surface area contributed by atoms with Gasteiger partial charge in [0.05, 0.1) is 29.8 Å². The molecule has 2 fully saturated rings. The van der Waals surface area contributed by atoms with E-state index in [4.69, 9.17) is 21.1 Å². The summed E-state index contributed by atoms with van der Waals surface area (Å²) in [7, 11) is 0. The molecule has 0 bridgehead atoms. The van der Waals surface area contributed by atoms with Crippen LogP contribution in [-0.2, 0) is 26.1 Å². The standard InChI is InChI=1S/C25H28ClN3O3/c26-21-5-3-20(4-6-21)25(7-13-31-14-8-25)24(30)29-12-15-32-18-19(17-29)16-22-23-2-1-10-28(23)11-9-27-22/h1-6,9-11,19H,7-8,12-18H2/t19-/m0/s1. The Morgan fingerprint density at radius 3 is 2.72 bits per heavy atom. The van der Waals surface area contributed by atoms with E-state index in [0.29, 0.717) is 57.4 Å². The van der Waals surface area contributed by atoms with Crippen molar-refractivity contribution in [2.75, 3.05) is 39.5 Å². The van der Waals surface area contributed by atoms with Gasteiger partial charge in [0.2, 0.25) is 5.91 Å². The van der Waals surface area contributed by atoms with E-state index in [1.165, 1.54) is 0 Å². The first-order chi connectivity index (χ1) is 15.7. The summed E-state index contributed by atoms with van der Waals surface area (Å²) >= 11 is 6.13. The van der Waals surface area contributed by atoms with Crippen molar-refractivity contribution in [3.8, 4) is 0 Å². The summed E-state index contributed by atoms with van der Waals surface area (Å²) in [5, 5.41) is 0.679. The number of hydrogen-bond acceptors (Lipinski definition) is 4. The minimum Gasteiger partial charge on any atom is -0.381 e. The minimum atomic E-state index is -0.572. The van der Waals surface area contributed by atoms with Crippen molar-refractivity contribution in [2.45, 2.75) is 24.7 Å². The molecule has 6 nitrogen and oxygen atoms in total. The topological polar surface area (TPSA) is 56.1 Å². The molecule has 0 spiro atoms. The maximum Gasteiger partial charge on any atom is 0.233 e. The second-order valence-corrected chi connectivity index (χ2v) is 9.21. The predicted octanol–water partition coefficient (Wildman–Crippen LogP) is 3.75. The molecule has 2 aromatic heterocycles. The lowest BCUT2D eigenvalue weighted by molar-refractivity contribution is -0.141. The maximum atomic E-state index is 14.0. The predicted molar refractivity (Wildman–Crippen MR) is 123 cm³/mol. The third-order valence-electron chi connectivity index (χ3n) is 6.79. The number of ether oxygens (including phenoxy) is 2. The number of fused-ring (bicyclic) bond motifs is 1. The lowest BCUT2D eigenvalue weighted by Gasteiger charge is -2.40. The van der Waals surface area contributed by atoms with Gasteiger partial charge in [-0.25, -0.2) is 0 Å². The Morgan fingerprint density at radius 2 is 1.91 bits per heavy atom. The molecule has 32 heavy (non-hydrogen) atoms. The average molecular weight is 454 g/mol. The Kier molecular flexibility index (Phi) is 6.17. The van der Waals surface area contributed by atoms with Crippen LogP contribution in [0.25, 0.3) is 5.52 Å². The quantitative estimate of drug-likeness (QED) is 0.603. The summed E-state index contributed by atoms with van der Waals surface area (Å²) in [6.07, 6.45) is 7.96. The molecule has 4 heterocycles. The Balaban J connectivity index is 1.40. The highest BCUT2D eigenvalue weighted by atomic mass is 35.5. The van der Waals surface area contributed by atoms with Gasteiger partial charge in [-0.3, -0.25) is 9.78 Å². The van der Waals surface area contributed by atoms with Gasteiger partial charge in [-0.05, 0) is 49.1 Å². The lowest BCUT2D eigenvalue weighted by Crippen LogP contribution is -2.51. The molecule has 0 radical (unpaired) electrons. The van der Waals surface area contributed by atoms with Crippen molar-refractivity contribution >= 4 is 23.0 Å². The first kappa shape index (κ1) is 21.4. The number of carbonyl (C=O) groups excluding carboxylic acids is 1. The molecule has 0 unspecified atom stereocenters. The number of halogens is 1. The summed E-state index contributed by atoms with van der Waals surface area (Å²) < 4.78 is 13.6. The molecule has 0 N–H and O–H groups in total. The van der Waals surface area contributed by atoms with Crippen LogP contribution in [0, 0.1) is 5.92 Å². The summed E-state index contributed by atoms with van der Waals surface area (Å²) in [6.45, 7) is 3.62. The summed E-state index contributed by atoms with van der Waals surface area (Å²) in [5.41, 5.74) is 2.60. The molecule has 7 heteroatoms. The highest BCUT2D eigenvalue weighted by Crippen LogP contribution is 2.38. The van der Waals surface area contributed by atoms with Crippen LogP contribution in [0.5, 0.6) is 0 Å². The van der Waals surface area contributed by atoms with Crippen molar-refractivity contribution in [1.82, 2.24) is 14.3 Å². The fourth-order valence-corrected chi connectivity index (χ4v) is 5.19. The number of hydrogen-bond donors (Lipinski definition) is 0. The third kappa shape index (κ3) is 4.15. The van der Waals surface area contributed by atoms with E-state index in [9.17, 15) is 4.79 Å². The van der Waals surface area contributed by atoms with Crippen LogP contribution in [0.1, 0.15) is 24.1 Å². The van der Waals surface area contributed by atoms with E-state index in [-0.39, 0.29) is 11.8 Å². The van der Waals surface area contributed by atoms with Crippen molar-refractivity contribution in [1.29, 1.82) is 0 Å². The van der Waals surface area contributed by atoms with Gasteiger partial charge in [0, 0.05) is 55.8 Å². The second kappa shape index (κ2) is 9.22. The van der Waals surface area contributed by atoms with Crippen molar-refractivity contribution in [2.24, 2.45) is 5.92 Å². The van der Waals surface area contributed by atoms with Crippen LogP contribution in [0.4, 0.5) is 0 Å². The van der Waals surface area contributed by atoms with Gasteiger partial charge >= 0.3 is 0 Å². The molecule has 2 saturated heterocycles. The Morgan fingerprint density at radius 1 is 1.09 bits per heavy atom. The normalized spacial score (nSPS) is 21.4. The zero-order chi connectivity index (χ0) is 22.0. The van der Waals surface area contributed by atoms with E-state index in [1.807, 2.05) is 53.8 Å². The smallest absolute Gasteiger partial charge is 0.233 e. The van der Waals surface area contributed by atoms with Crippen LogP contribution in [0.2, 0.25) is 5.02 Å². The van der Waals surface area contributed by atoms with Crippen molar-refractivity contribution in [3.63, 3.8) is 0 Å². The average Bonchev–Trinajstić information content (AvgIpc) is 3.19. The number of carbonyl (C=O) groups is 1. The molecule has 1 amide bonds. The number of nitrogens with zero attached hydrogens (tertiary/aromatic N) is 3. The molecule has 0 aliphatic carbocycles. The van der Waals surface area contributed by atoms with E-state index < -0.39 is 5.41 Å². The zero-order valence-corrected chi connectivity index (χ0v) is 18.8. The molecular formula is C25H28ClN3O3. The number of aromatic nitrogens is 2. The minimum absolute atomic E-state index is 0.174. The SMILES string of the molecule is O=C(N1CCOC[C@@H](Cc2nccn3cccc23)C1)C1(c2ccc(Cl)cc2)CCOCC1. The molecule has 2 aliphatic rings. The lowest BCUT2D eigenvalue weighted by atomic mass is 9.73. The molecule has 1 atom stereocenters. The van der Waals surface area contributed by atoms with E-state index in [1.54, 1.807) is 0 Å². The van der Waals surface area contributed by atoms with Crippen LogP contribution in [-0.4, -0.2) is 59.7 Å². The molecule has 5 rings (SSSR count). The van der Waals surface area contributed by atoms with Gasteiger partial charge in [0.15, 0.2) is 0 Å². The zero-order valence-electron chi connectivity index (χ0n) is 18.1. The van der Waals surface area contributed by atoms with Gasteiger partial charge in [-0.15, -0.1) is 0 Å². The van der Waals surface area contributed by atoms with Crippen LogP contribution in [0.15, 0.2) is 55.0 Å². The van der Waals surface area contributed by atoms with E-state index in [2.05, 4.69) is 15.5 Å². The van der Waals surface area contributed by atoms with Gasteiger partial charge in [0.25, 0.3) is 0 Å². The third-order valence-corrected chi connectivity index (χ3v) is 7.04. The number of benzene rings is 1. The molecule has 0 saturated carbocycles. The maximum absolute atomic E-state index is 14.0. The van der Waals surface area contributed by atoms with E-state index in [0.717, 1.165) is 23.2 Å². The molecule has 168 valence electrons. The largest absolute Gasteiger partial charge is 0.381 e. The fraction of sp³-hybridized carbons (Fsp3) is 0.440. The van der Waals surface area contributed by atoms with Crippen molar-refractivity contribution in [3.05, 3.63) is 71.3 Å².